The summed E-state index contributed by atoms with van der Waals surface area (Å²) in [7, 11) is 13.7. The van der Waals surface area contributed by atoms with Gasteiger partial charge in [0.05, 0.1) is 22.9 Å². The summed E-state index contributed by atoms with van der Waals surface area (Å²) in [4.78, 5) is 58.5. The van der Waals surface area contributed by atoms with E-state index in [9.17, 15) is 14.4 Å². The van der Waals surface area contributed by atoms with Crippen LogP contribution in [-0.2, 0) is 0 Å². The summed E-state index contributed by atoms with van der Waals surface area (Å²) in [5, 5.41) is 34.4. The lowest BCUT2D eigenvalue weighted by atomic mass is 10.1. The monoisotopic (exact) mass is 1060 g/mol. The molecule has 0 aliphatic heterocycles. The van der Waals surface area contributed by atoms with E-state index in [0.717, 1.165) is 90.4 Å². The summed E-state index contributed by atoms with van der Waals surface area (Å²) in [5.74, 6) is 0.698. The minimum absolute atomic E-state index is 0.123. The lowest BCUT2D eigenvalue weighted by molar-refractivity contribution is 0.0815. The minimum atomic E-state index is -0.149. The molecule has 22 nitrogen and oxygen atoms in total. The number of nitrogens with zero attached hydrogens (tertiary/aromatic N) is 14. The van der Waals surface area contributed by atoms with Crippen molar-refractivity contribution < 1.29 is 14.4 Å². The average molecular weight is 1060 g/mol. The number of carbonyl (C=O) groups excluding carboxylic acids is 3. The number of anilines is 3. The lowest BCUT2D eigenvalue weighted by Gasteiger charge is -2.11. The Balaban J connectivity index is 0.000000173. The fourth-order valence-corrected chi connectivity index (χ4v) is 8.39. The van der Waals surface area contributed by atoms with Gasteiger partial charge in [-0.1, -0.05) is 24.8 Å². The SMILES string of the molecule is C=C(NC)Nc1ccc(-c2cc3nc(C(=O)N(C)C)cc(C)n3n2)c(C)c1.CN=C(NC#N)Nc1ccc(-c2cc3nc(C(=O)N(C)C)cc(C)n3n2)c(C)c1.Cc1cc(N)ccc1-c1cc2nc(C(=O)N(C)C)cc(C)n2n1. The minimum Gasteiger partial charge on any atom is -0.399 e. The maximum atomic E-state index is 12.3. The van der Waals surface area contributed by atoms with Crippen molar-refractivity contribution in [2.45, 2.75) is 41.5 Å². The van der Waals surface area contributed by atoms with Crippen molar-refractivity contribution in [1.29, 1.82) is 5.26 Å². The quantitative estimate of drug-likeness (QED) is 0.0296. The van der Waals surface area contributed by atoms with Gasteiger partial charge < -0.3 is 36.4 Å². The third-order valence-electron chi connectivity index (χ3n) is 12.5. The number of carbonyl (C=O) groups is 3. The first-order valence-corrected chi connectivity index (χ1v) is 24.9. The molecule has 9 aromatic rings. The van der Waals surface area contributed by atoms with Crippen molar-refractivity contribution in [3.63, 3.8) is 0 Å². The van der Waals surface area contributed by atoms with Gasteiger partial charge in [-0.15, -0.1) is 0 Å². The van der Waals surface area contributed by atoms with Crippen LogP contribution in [0, 0.1) is 53.0 Å². The van der Waals surface area contributed by atoms with Gasteiger partial charge in [0.1, 0.15) is 17.1 Å². The highest BCUT2D eigenvalue weighted by Gasteiger charge is 2.19. The first-order chi connectivity index (χ1) is 37.5. The molecular formula is C57H65N19O3. The van der Waals surface area contributed by atoms with Crippen molar-refractivity contribution >= 4 is 57.7 Å². The normalized spacial score (nSPS) is 11.0. The number of guanidine groups is 1. The second-order valence-corrected chi connectivity index (χ2v) is 19.3. The smallest absolute Gasteiger partial charge is 0.272 e. The maximum absolute atomic E-state index is 12.3. The van der Waals surface area contributed by atoms with E-state index >= 15 is 0 Å². The van der Waals surface area contributed by atoms with Crippen LogP contribution in [0.3, 0.4) is 0 Å². The number of nitrogen functional groups attached to an aromatic ring is 1. The van der Waals surface area contributed by atoms with Gasteiger partial charge in [-0.05, 0) is 113 Å². The Morgan fingerprint density at radius 2 is 0.911 bits per heavy atom. The number of aryl methyl sites for hydroxylation is 6. The zero-order valence-corrected chi connectivity index (χ0v) is 46.9. The van der Waals surface area contributed by atoms with Crippen molar-refractivity contribution in [3.8, 4) is 40.0 Å². The predicted octanol–water partition coefficient (Wildman–Crippen LogP) is 7.30. The van der Waals surface area contributed by atoms with Crippen molar-refractivity contribution in [3.05, 3.63) is 154 Å². The molecule has 0 fully saturated rings. The van der Waals surface area contributed by atoms with E-state index < -0.39 is 0 Å². The molecule has 0 saturated heterocycles. The number of amides is 3. The molecule has 0 aliphatic rings. The third kappa shape index (κ3) is 12.8. The molecule has 0 bridgehead atoms. The van der Waals surface area contributed by atoms with E-state index in [2.05, 4.69) is 63.1 Å². The number of benzene rings is 3. The fraction of sp³-hybridized carbons (Fsp3) is 0.246. The summed E-state index contributed by atoms with van der Waals surface area (Å²) in [6, 6.07) is 28.5. The molecule has 0 radical (unpaired) electrons. The number of nitrogens with two attached hydrogens (primary N) is 1. The number of aromatic nitrogens is 9. The van der Waals surface area contributed by atoms with Gasteiger partial charge in [-0.2, -0.15) is 20.6 Å². The van der Waals surface area contributed by atoms with E-state index in [1.54, 1.807) is 81.1 Å². The van der Waals surface area contributed by atoms with E-state index in [1.807, 2.05) is 128 Å². The van der Waals surface area contributed by atoms with Gasteiger partial charge in [-0.25, -0.2) is 28.5 Å². The van der Waals surface area contributed by atoms with Crippen LogP contribution in [0.15, 0.2) is 108 Å². The number of hydrogen-bond acceptors (Lipinski definition) is 14. The molecule has 6 heterocycles. The Morgan fingerprint density at radius 3 is 1.23 bits per heavy atom. The highest BCUT2D eigenvalue weighted by Crippen LogP contribution is 2.29. The first kappa shape index (κ1) is 56.6. The molecule has 0 unspecified atom stereocenters. The van der Waals surface area contributed by atoms with Gasteiger partial charge >= 0.3 is 0 Å². The first-order valence-electron chi connectivity index (χ1n) is 24.9. The largest absolute Gasteiger partial charge is 0.399 e. The van der Waals surface area contributed by atoms with Crippen molar-refractivity contribution in [1.82, 2.24) is 69.1 Å². The zero-order valence-electron chi connectivity index (χ0n) is 46.9. The Hall–Kier alpha value is -10.2. The molecule has 0 saturated carbocycles. The summed E-state index contributed by atoms with van der Waals surface area (Å²) in [6.07, 6.45) is 1.84. The van der Waals surface area contributed by atoms with Crippen molar-refractivity contribution in [2.75, 3.05) is 72.7 Å². The second-order valence-electron chi connectivity index (χ2n) is 19.3. The number of nitrogens with one attached hydrogen (secondary N) is 4. The van der Waals surface area contributed by atoms with Crippen LogP contribution in [0.1, 0.15) is 65.2 Å². The Labute approximate surface area is 458 Å². The Kier molecular flexibility index (Phi) is 17.0. The molecule has 79 heavy (non-hydrogen) atoms. The Bertz CT molecular complexity index is 3890. The second kappa shape index (κ2) is 23.8. The van der Waals surface area contributed by atoms with Crippen LogP contribution in [0.2, 0.25) is 0 Å². The highest BCUT2D eigenvalue weighted by molar-refractivity contribution is 5.95. The lowest BCUT2D eigenvalue weighted by Crippen LogP contribution is -2.26. The average Bonchev–Trinajstić information content (AvgIpc) is 4.26. The van der Waals surface area contributed by atoms with Crippen molar-refractivity contribution in [2.24, 2.45) is 4.99 Å². The van der Waals surface area contributed by atoms with Crippen LogP contribution in [0.25, 0.3) is 50.7 Å². The molecule has 22 heteroatoms. The van der Waals surface area contributed by atoms with Gasteiger partial charge in [0.25, 0.3) is 17.7 Å². The van der Waals surface area contributed by atoms with Crippen LogP contribution in [-0.4, -0.2) is 139 Å². The zero-order chi connectivity index (χ0) is 57.6. The van der Waals surface area contributed by atoms with E-state index in [4.69, 9.17) is 11.0 Å². The number of nitriles is 1. The number of fused-ring (bicyclic) bond motifs is 3. The summed E-state index contributed by atoms with van der Waals surface area (Å²) in [5.41, 5.74) is 22.5. The standard InChI is InChI=1S/C20H22N8O.C20H24N6O.C17H19N5O/c1-12-8-14(24-20(22-3)23-11-21)6-7-15(12)16-10-18-25-17(19(29)27(4)5)9-13(2)28(18)26-16;1-12-9-15(22-14(3)21-4)7-8-16(12)17-11-19-23-18(20(27)25(5)6)10-13(2)26(19)24-17;1-10-7-12(18)5-6-13(10)14-9-16-19-15(17(23)21(3)4)8-11(2)22(16)20-14/h6-10H,1-5H3,(H2,22,23,24);7-11,21-22H,3H2,1-2,4-6H3;5-9H,18H2,1-4H3. The number of rotatable bonds is 10. The molecule has 6 N–H and O–H groups in total. The van der Waals surface area contributed by atoms with Gasteiger partial charge in [0.2, 0.25) is 5.96 Å². The predicted molar refractivity (Wildman–Crippen MR) is 310 cm³/mol. The summed E-state index contributed by atoms with van der Waals surface area (Å²) < 4.78 is 5.24. The van der Waals surface area contributed by atoms with Crippen LogP contribution < -0.4 is 27.0 Å². The van der Waals surface area contributed by atoms with Crippen LogP contribution >= 0.6 is 0 Å². The highest BCUT2D eigenvalue weighted by atomic mass is 16.2. The summed E-state index contributed by atoms with van der Waals surface area (Å²) >= 11 is 0. The summed E-state index contributed by atoms with van der Waals surface area (Å²) in [6.45, 7) is 15.6. The van der Waals surface area contributed by atoms with E-state index in [0.29, 0.717) is 40.0 Å². The molecule has 406 valence electrons. The number of aliphatic imine (C=N–C) groups is 1. The molecule has 9 rings (SSSR count). The topological polar surface area (TPSA) is 262 Å². The van der Waals surface area contributed by atoms with Gasteiger partial charge in [-0.3, -0.25) is 24.7 Å². The molecule has 3 aromatic carbocycles. The molecule has 0 aliphatic carbocycles. The fourth-order valence-electron chi connectivity index (χ4n) is 8.39. The van der Waals surface area contributed by atoms with E-state index in [-0.39, 0.29) is 17.7 Å². The molecular weight excluding hydrogens is 999 g/mol. The third-order valence-corrected chi connectivity index (χ3v) is 12.5. The van der Waals surface area contributed by atoms with Gasteiger partial charge in [0.15, 0.2) is 23.1 Å². The van der Waals surface area contributed by atoms with Crippen LogP contribution in [0.4, 0.5) is 17.1 Å². The number of hydrogen-bond donors (Lipinski definition) is 5. The molecule has 0 spiro atoms. The maximum Gasteiger partial charge on any atom is 0.272 e. The van der Waals surface area contributed by atoms with Crippen LogP contribution in [0.5, 0.6) is 0 Å². The Morgan fingerprint density at radius 1 is 0.557 bits per heavy atom. The van der Waals surface area contributed by atoms with E-state index in [1.165, 1.54) is 14.7 Å². The molecule has 3 amide bonds. The van der Waals surface area contributed by atoms with Gasteiger partial charge in [0, 0.05) is 125 Å². The molecule has 0 atom stereocenters. The molecule has 6 aromatic heterocycles.